The van der Waals surface area contributed by atoms with Gasteiger partial charge in [0.15, 0.2) is 5.78 Å². The zero-order valence-electron chi connectivity index (χ0n) is 22.8. The third kappa shape index (κ3) is 3.09. The quantitative estimate of drug-likeness (QED) is 0.438. The Morgan fingerprint density at radius 2 is 1.79 bits per heavy atom. The average Bonchev–Trinajstić information content (AvgIpc) is 3.01. The fraction of sp³-hybridized carbons (Fsp3) is 0.633. The molecule has 9 nitrogen and oxygen atoms in total. The van der Waals surface area contributed by atoms with Crippen molar-refractivity contribution in [3.63, 3.8) is 0 Å². The van der Waals surface area contributed by atoms with Crippen molar-refractivity contribution in [3.8, 4) is 5.75 Å². The number of esters is 2. The fourth-order valence-electron chi connectivity index (χ4n) is 9.29. The van der Waals surface area contributed by atoms with Crippen LogP contribution in [-0.4, -0.2) is 65.8 Å². The van der Waals surface area contributed by atoms with Crippen molar-refractivity contribution in [2.45, 2.75) is 70.6 Å². The summed E-state index contributed by atoms with van der Waals surface area (Å²) in [7, 11) is 1.52. The van der Waals surface area contributed by atoms with E-state index < -0.39 is 75.8 Å². The monoisotopic (exact) mass is 540 g/mol. The Labute approximate surface area is 227 Å². The average molecular weight is 541 g/mol. The molecule has 4 aliphatic carbocycles. The van der Waals surface area contributed by atoms with Crippen molar-refractivity contribution in [2.75, 3.05) is 13.7 Å². The van der Waals surface area contributed by atoms with Gasteiger partial charge in [-0.25, -0.2) is 4.79 Å². The number of methoxy groups -OCH3 is 1. The van der Waals surface area contributed by atoms with E-state index in [1.165, 1.54) is 14.0 Å². The van der Waals surface area contributed by atoms with Gasteiger partial charge in [0.05, 0.1) is 19.3 Å². The molecule has 6 fully saturated rings. The molecule has 0 amide bonds. The van der Waals surface area contributed by atoms with E-state index in [9.17, 15) is 24.6 Å². The number of ketones is 1. The summed E-state index contributed by atoms with van der Waals surface area (Å²) in [6, 6.07) is 6.41. The first-order valence-corrected chi connectivity index (χ1v) is 13.7. The molecule has 1 aromatic rings. The first-order valence-electron chi connectivity index (χ1n) is 13.7. The van der Waals surface area contributed by atoms with Crippen molar-refractivity contribution < 1.29 is 43.5 Å². The highest BCUT2D eigenvalue weighted by Crippen LogP contribution is 2.77. The number of carbonyl (C=O) groups is 3. The third-order valence-corrected chi connectivity index (χ3v) is 10.7. The second-order valence-corrected chi connectivity index (χ2v) is 12.7. The minimum atomic E-state index is -2.31. The number of hydrogen-bond donors (Lipinski definition) is 2. The van der Waals surface area contributed by atoms with E-state index >= 15 is 0 Å². The second kappa shape index (κ2) is 8.38. The molecule has 2 heterocycles. The van der Waals surface area contributed by atoms with Crippen LogP contribution in [0.15, 0.2) is 36.4 Å². The summed E-state index contributed by atoms with van der Waals surface area (Å²) in [5.74, 6) is -4.93. The van der Waals surface area contributed by atoms with E-state index in [4.69, 9.17) is 18.9 Å². The van der Waals surface area contributed by atoms with Gasteiger partial charge in [0.2, 0.25) is 5.79 Å². The topological polar surface area (TPSA) is 129 Å². The van der Waals surface area contributed by atoms with Crippen LogP contribution < -0.4 is 4.74 Å². The number of hydrogen-bond acceptors (Lipinski definition) is 9. The van der Waals surface area contributed by atoms with Gasteiger partial charge >= 0.3 is 11.9 Å². The minimum Gasteiger partial charge on any atom is -0.497 e. The van der Waals surface area contributed by atoms with Crippen molar-refractivity contribution in [2.24, 2.45) is 34.0 Å². The molecule has 9 atom stereocenters. The van der Waals surface area contributed by atoms with E-state index in [2.05, 4.69) is 6.58 Å². The minimum absolute atomic E-state index is 0.0165. The Hall–Kier alpha value is -2.75. The summed E-state index contributed by atoms with van der Waals surface area (Å²) in [5.41, 5.74) is -2.68. The van der Waals surface area contributed by atoms with Gasteiger partial charge in [-0.1, -0.05) is 20.4 Å². The Morgan fingerprint density at radius 1 is 1.10 bits per heavy atom. The van der Waals surface area contributed by atoms with Crippen molar-refractivity contribution in [1.82, 2.24) is 0 Å². The summed E-state index contributed by atoms with van der Waals surface area (Å²) in [6.45, 7) is 9.49. The van der Waals surface area contributed by atoms with Crippen LogP contribution in [0.4, 0.5) is 0 Å². The summed E-state index contributed by atoms with van der Waals surface area (Å²) >= 11 is 0. The van der Waals surface area contributed by atoms with Crippen LogP contribution in [0.2, 0.25) is 0 Å². The Balaban J connectivity index is 1.51. The number of fused-ring (bicyclic) bond motifs is 2. The molecule has 2 saturated heterocycles. The molecule has 7 rings (SSSR count). The number of Topliss-reactive ketones (excluding diaryl/α,β-unsaturated/α-hetero) is 1. The first kappa shape index (κ1) is 26.5. The predicted molar refractivity (Wildman–Crippen MR) is 136 cm³/mol. The maximum atomic E-state index is 14.3. The van der Waals surface area contributed by atoms with Crippen LogP contribution in [0.25, 0.3) is 0 Å². The molecule has 2 aliphatic heterocycles. The summed E-state index contributed by atoms with van der Waals surface area (Å²) < 4.78 is 23.4. The summed E-state index contributed by atoms with van der Waals surface area (Å²) in [5, 5.41) is 24.3. The number of rotatable bonds is 4. The number of carbonyl (C=O) groups excluding carboxylic acids is 3. The van der Waals surface area contributed by atoms with Crippen LogP contribution in [0.1, 0.15) is 56.8 Å². The number of benzene rings is 1. The molecule has 0 aromatic heterocycles. The lowest BCUT2D eigenvalue weighted by Crippen LogP contribution is -2.86. The Kier molecular flexibility index (Phi) is 5.69. The van der Waals surface area contributed by atoms with E-state index in [1.807, 2.05) is 13.8 Å². The van der Waals surface area contributed by atoms with Gasteiger partial charge in [-0.15, -0.1) is 0 Å². The molecule has 39 heavy (non-hydrogen) atoms. The van der Waals surface area contributed by atoms with Crippen molar-refractivity contribution in [3.05, 3.63) is 42.0 Å². The predicted octanol–water partition coefficient (Wildman–Crippen LogP) is 2.82. The highest BCUT2D eigenvalue weighted by Gasteiger charge is 2.88. The van der Waals surface area contributed by atoms with Crippen molar-refractivity contribution in [1.29, 1.82) is 0 Å². The molecule has 0 radical (unpaired) electrons. The van der Waals surface area contributed by atoms with Gasteiger partial charge in [0.1, 0.15) is 29.5 Å². The maximum absolute atomic E-state index is 14.3. The van der Waals surface area contributed by atoms with Crippen LogP contribution in [0.3, 0.4) is 0 Å². The lowest BCUT2D eigenvalue weighted by Gasteiger charge is -2.74. The van der Waals surface area contributed by atoms with Crippen LogP contribution in [0, 0.1) is 34.0 Å². The SMILES string of the molecule is C=C1C(=O)[C@]23[C@H](OC(=O)c4ccc(OC)cc4)[C@H]1CC[C@H]2[C@@]12CO[C@]3(O)[C@@H](O)[C@@H]1C(C)(C)CCC2OC(C)=O. The molecular weight excluding hydrogens is 504 g/mol. The van der Waals surface area contributed by atoms with E-state index in [1.54, 1.807) is 24.3 Å². The lowest BCUT2D eigenvalue weighted by molar-refractivity contribution is -0.457. The smallest absolute Gasteiger partial charge is 0.338 e. The van der Waals surface area contributed by atoms with Gasteiger partial charge in [-0.3, -0.25) is 9.59 Å². The number of aliphatic hydroxyl groups is 2. The summed E-state index contributed by atoms with van der Waals surface area (Å²) in [4.78, 5) is 40.0. The largest absolute Gasteiger partial charge is 0.497 e. The third-order valence-electron chi connectivity index (χ3n) is 10.7. The molecular formula is C30H36O9. The van der Waals surface area contributed by atoms with Gasteiger partial charge in [0, 0.05) is 24.2 Å². The van der Waals surface area contributed by atoms with Gasteiger partial charge in [-0.2, -0.15) is 0 Å². The van der Waals surface area contributed by atoms with Crippen LogP contribution >= 0.6 is 0 Å². The highest BCUT2D eigenvalue weighted by atomic mass is 16.7. The number of aliphatic hydroxyl groups excluding tert-OH is 1. The van der Waals surface area contributed by atoms with Gasteiger partial charge in [-0.05, 0) is 66.9 Å². The molecule has 4 bridgehead atoms. The Bertz CT molecular complexity index is 1250. The van der Waals surface area contributed by atoms with Crippen LogP contribution in [0.5, 0.6) is 5.75 Å². The van der Waals surface area contributed by atoms with E-state index in [0.29, 0.717) is 31.4 Å². The summed E-state index contributed by atoms with van der Waals surface area (Å²) in [6.07, 6.45) is -1.02. The van der Waals surface area contributed by atoms with Crippen LogP contribution in [-0.2, 0) is 23.8 Å². The van der Waals surface area contributed by atoms with Crippen molar-refractivity contribution >= 4 is 17.7 Å². The Morgan fingerprint density at radius 3 is 2.44 bits per heavy atom. The maximum Gasteiger partial charge on any atom is 0.338 e. The molecule has 2 spiro atoms. The standard InChI is InChI=1S/C30H36O9/c1-15-19-10-11-20-28-14-37-30(35,24(33)22(28)27(3,4)13-12-21(28)38-16(2)31)29(20,23(15)32)25(19)39-26(34)17-6-8-18(36-5)9-7-17/h6-9,19-22,24-25,33,35H,1,10-14H2,2-5H3/t19-,20-,21?,22+,24-,25+,28+,29-,30+/m0/s1. The molecule has 1 aromatic carbocycles. The zero-order valence-corrected chi connectivity index (χ0v) is 22.8. The fourth-order valence-corrected chi connectivity index (χ4v) is 9.29. The number of ether oxygens (including phenoxy) is 4. The van der Waals surface area contributed by atoms with Gasteiger partial charge in [0.25, 0.3) is 0 Å². The van der Waals surface area contributed by atoms with E-state index in [-0.39, 0.29) is 17.7 Å². The molecule has 9 heteroatoms. The highest BCUT2D eigenvalue weighted by molar-refractivity contribution is 6.05. The lowest BCUT2D eigenvalue weighted by atomic mass is 9.35. The second-order valence-electron chi connectivity index (χ2n) is 12.7. The molecule has 2 N–H and O–H groups in total. The zero-order chi connectivity index (χ0) is 28.1. The normalized spacial score (nSPS) is 43.3. The first-order chi connectivity index (χ1) is 18.4. The van der Waals surface area contributed by atoms with E-state index in [0.717, 1.165) is 0 Å². The molecule has 210 valence electrons. The molecule has 4 saturated carbocycles. The van der Waals surface area contributed by atoms with Gasteiger partial charge < -0.3 is 29.2 Å². The molecule has 6 aliphatic rings. The molecule has 1 unspecified atom stereocenters.